The molecule has 0 atom stereocenters. The van der Waals surface area contributed by atoms with Crippen LogP contribution in [-0.4, -0.2) is 17.6 Å². The molecule has 0 aliphatic rings. The first kappa shape index (κ1) is 10.4. The van der Waals surface area contributed by atoms with Crippen molar-refractivity contribution in [3.05, 3.63) is 34.1 Å². The lowest BCUT2D eigenvalue weighted by molar-refractivity contribution is 0.0595. The van der Waals surface area contributed by atoms with Gasteiger partial charge >= 0.3 is 11.7 Å². The molecule has 0 N–H and O–H groups in total. The number of rotatable bonds is 1. The van der Waals surface area contributed by atoms with E-state index in [-0.39, 0.29) is 11.1 Å². The summed E-state index contributed by atoms with van der Waals surface area (Å²) in [6.45, 7) is 0. The Labute approximate surface area is 89.0 Å². The number of methoxy groups -OCH3 is 1. The molecule has 0 amide bonds. The first-order valence-electron chi connectivity index (χ1n) is 4.42. The van der Waals surface area contributed by atoms with Gasteiger partial charge in [-0.1, -0.05) is 0 Å². The first-order chi connectivity index (χ1) is 7.54. The topological polar surface area (TPSA) is 61.4 Å². The summed E-state index contributed by atoms with van der Waals surface area (Å²) < 4.78 is 23.8. The van der Waals surface area contributed by atoms with Crippen molar-refractivity contribution >= 4 is 17.1 Å². The highest BCUT2D eigenvalue weighted by atomic mass is 19.1. The zero-order valence-corrected chi connectivity index (χ0v) is 8.61. The number of carbonyl (C=O) groups is 1. The summed E-state index contributed by atoms with van der Waals surface area (Å²) in [7, 11) is 2.62. The minimum Gasteiger partial charge on any atom is -0.465 e. The van der Waals surface area contributed by atoms with Crippen LogP contribution in [-0.2, 0) is 11.8 Å². The molecule has 0 spiro atoms. The lowest BCUT2D eigenvalue weighted by atomic mass is 10.2. The van der Waals surface area contributed by atoms with Crippen LogP contribution < -0.4 is 5.76 Å². The monoisotopic (exact) mass is 225 g/mol. The second-order valence-electron chi connectivity index (χ2n) is 3.22. The van der Waals surface area contributed by atoms with Crippen molar-refractivity contribution < 1.29 is 18.3 Å². The second kappa shape index (κ2) is 3.48. The van der Waals surface area contributed by atoms with Gasteiger partial charge in [-0.05, 0) is 6.07 Å². The van der Waals surface area contributed by atoms with Gasteiger partial charge < -0.3 is 9.15 Å². The Morgan fingerprint density at radius 3 is 2.81 bits per heavy atom. The molecule has 84 valence electrons. The molecule has 0 saturated heterocycles. The standard InChI is InChI=1S/C10H8FNO4/c1-12-7-3-5(9(13)15-2)6(11)4-8(7)16-10(12)14/h3-4H,1-2H3. The van der Waals surface area contributed by atoms with Crippen molar-refractivity contribution in [3.8, 4) is 0 Å². The number of fused-ring (bicyclic) bond motifs is 1. The summed E-state index contributed by atoms with van der Waals surface area (Å²) in [6, 6.07) is 2.21. The largest absolute Gasteiger partial charge is 0.465 e. The van der Waals surface area contributed by atoms with Gasteiger partial charge in [0.05, 0.1) is 18.2 Å². The van der Waals surface area contributed by atoms with Gasteiger partial charge in [0, 0.05) is 13.1 Å². The smallest absolute Gasteiger partial charge is 0.419 e. The molecule has 16 heavy (non-hydrogen) atoms. The van der Waals surface area contributed by atoms with Crippen LogP contribution in [0.2, 0.25) is 0 Å². The van der Waals surface area contributed by atoms with Crippen molar-refractivity contribution in [1.82, 2.24) is 4.57 Å². The average Bonchev–Trinajstić information content (AvgIpc) is 2.52. The molecule has 1 heterocycles. The van der Waals surface area contributed by atoms with Gasteiger partial charge in [0.2, 0.25) is 0 Å². The summed E-state index contributed by atoms with van der Waals surface area (Å²) in [6.07, 6.45) is 0. The Kier molecular flexibility index (Phi) is 2.26. The molecule has 0 unspecified atom stereocenters. The molecule has 0 radical (unpaired) electrons. The maximum atomic E-state index is 13.4. The van der Waals surface area contributed by atoms with Crippen LogP contribution in [0.1, 0.15) is 10.4 Å². The highest BCUT2D eigenvalue weighted by Crippen LogP contribution is 2.18. The number of ether oxygens (including phenoxy) is 1. The molecule has 0 aliphatic carbocycles. The van der Waals surface area contributed by atoms with Crippen LogP contribution in [0, 0.1) is 5.82 Å². The summed E-state index contributed by atoms with van der Waals surface area (Å²) >= 11 is 0. The number of nitrogens with zero attached hydrogens (tertiary/aromatic N) is 1. The zero-order valence-electron chi connectivity index (χ0n) is 8.61. The molecule has 0 aliphatic heterocycles. The summed E-state index contributed by atoms with van der Waals surface area (Å²) in [5, 5.41) is 0. The number of halogens is 1. The summed E-state index contributed by atoms with van der Waals surface area (Å²) in [4.78, 5) is 22.4. The van der Waals surface area contributed by atoms with Crippen LogP contribution in [0.4, 0.5) is 4.39 Å². The van der Waals surface area contributed by atoms with E-state index in [1.54, 1.807) is 0 Å². The normalized spacial score (nSPS) is 10.7. The third kappa shape index (κ3) is 1.39. The Morgan fingerprint density at radius 2 is 2.19 bits per heavy atom. The maximum absolute atomic E-state index is 13.4. The van der Waals surface area contributed by atoms with Gasteiger partial charge in [-0.25, -0.2) is 14.0 Å². The molecule has 2 aromatic rings. The van der Waals surface area contributed by atoms with E-state index in [9.17, 15) is 14.0 Å². The molecule has 1 aromatic heterocycles. The fourth-order valence-electron chi connectivity index (χ4n) is 1.41. The highest BCUT2D eigenvalue weighted by molar-refractivity contribution is 5.93. The van der Waals surface area contributed by atoms with Crippen LogP contribution in [0.15, 0.2) is 21.3 Å². The van der Waals surface area contributed by atoms with E-state index in [1.165, 1.54) is 17.7 Å². The first-order valence-corrected chi connectivity index (χ1v) is 4.42. The van der Waals surface area contributed by atoms with E-state index in [0.29, 0.717) is 5.52 Å². The van der Waals surface area contributed by atoms with Crippen LogP contribution in [0.3, 0.4) is 0 Å². The van der Waals surface area contributed by atoms with Gasteiger partial charge in [0.25, 0.3) is 0 Å². The number of hydrogen-bond acceptors (Lipinski definition) is 4. The SMILES string of the molecule is COC(=O)c1cc2c(cc1F)oc(=O)n2C. The molecular weight excluding hydrogens is 217 g/mol. The van der Waals surface area contributed by atoms with E-state index >= 15 is 0 Å². The predicted octanol–water partition coefficient (Wildman–Crippen LogP) is 1.06. The van der Waals surface area contributed by atoms with E-state index < -0.39 is 17.5 Å². The van der Waals surface area contributed by atoms with Gasteiger partial charge in [-0.15, -0.1) is 0 Å². The van der Waals surface area contributed by atoms with Gasteiger partial charge in [-0.3, -0.25) is 4.57 Å². The lowest BCUT2D eigenvalue weighted by Gasteiger charge is -2.00. The number of benzene rings is 1. The van der Waals surface area contributed by atoms with E-state index in [0.717, 1.165) is 13.2 Å². The molecular formula is C10H8FNO4. The minimum atomic E-state index is -0.798. The molecule has 1 aromatic carbocycles. The fraction of sp³-hybridized carbons (Fsp3) is 0.200. The number of aromatic nitrogens is 1. The quantitative estimate of drug-likeness (QED) is 0.681. The second-order valence-corrected chi connectivity index (χ2v) is 3.22. The van der Waals surface area contributed by atoms with Crippen molar-refractivity contribution in [3.63, 3.8) is 0 Å². The van der Waals surface area contributed by atoms with Crippen LogP contribution in [0.5, 0.6) is 0 Å². The van der Waals surface area contributed by atoms with E-state index in [1.807, 2.05) is 0 Å². The lowest BCUT2D eigenvalue weighted by Crippen LogP contribution is -2.09. The number of hydrogen-bond donors (Lipinski definition) is 0. The number of aryl methyl sites for hydroxylation is 1. The van der Waals surface area contributed by atoms with Gasteiger partial charge in [-0.2, -0.15) is 0 Å². The van der Waals surface area contributed by atoms with Crippen molar-refractivity contribution in [2.24, 2.45) is 7.05 Å². The van der Waals surface area contributed by atoms with E-state index in [2.05, 4.69) is 4.74 Å². The van der Waals surface area contributed by atoms with Crippen LogP contribution >= 0.6 is 0 Å². The molecule has 0 fully saturated rings. The Balaban J connectivity index is 2.78. The summed E-state index contributed by atoms with van der Waals surface area (Å²) in [5.74, 6) is -2.20. The zero-order chi connectivity index (χ0) is 11.9. The number of carbonyl (C=O) groups excluding carboxylic acids is 1. The molecule has 0 saturated carbocycles. The maximum Gasteiger partial charge on any atom is 0.419 e. The van der Waals surface area contributed by atoms with Gasteiger partial charge in [0.1, 0.15) is 5.82 Å². The average molecular weight is 225 g/mol. The molecule has 0 bridgehead atoms. The Bertz CT molecular complexity index is 626. The third-order valence-corrected chi connectivity index (χ3v) is 2.29. The minimum absolute atomic E-state index is 0.0950. The van der Waals surface area contributed by atoms with Crippen molar-refractivity contribution in [2.45, 2.75) is 0 Å². The van der Waals surface area contributed by atoms with E-state index in [4.69, 9.17) is 4.42 Å². The summed E-state index contributed by atoms with van der Waals surface area (Å²) in [5.41, 5.74) is 0.204. The predicted molar refractivity (Wildman–Crippen MR) is 52.8 cm³/mol. The highest BCUT2D eigenvalue weighted by Gasteiger charge is 2.16. The Morgan fingerprint density at radius 1 is 1.50 bits per heavy atom. The molecule has 6 heteroatoms. The van der Waals surface area contributed by atoms with Crippen LogP contribution in [0.25, 0.3) is 11.1 Å². The fourth-order valence-corrected chi connectivity index (χ4v) is 1.41. The number of esters is 1. The molecule has 5 nitrogen and oxygen atoms in total. The van der Waals surface area contributed by atoms with Crippen molar-refractivity contribution in [2.75, 3.05) is 7.11 Å². The third-order valence-electron chi connectivity index (χ3n) is 2.29. The van der Waals surface area contributed by atoms with Gasteiger partial charge in [0.15, 0.2) is 5.58 Å². The Hall–Kier alpha value is -2.11. The van der Waals surface area contributed by atoms with Crippen molar-refractivity contribution in [1.29, 1.82) is 0 Å². The number of oxazole rings is 1. The molecule has 2 rings (SSSR count).